The minimum Gasteiger partial charge on any atom is -0.457 e. The standard InChI is InChI=1S/C24H25ClO4/c1-16(12-21(26)29-23(2,3)4)14-24(15-17-8-6-5-7-9-17)19-13-18(25)10-11-20(19)28-22(24)27/h5-13H,14-15H2,1-4H3/b16-12+/t24-/m0/s1. The smallest absolute Gasteiger partial charge is 0.331 e. The third-order valence-electron chi connectivity index (χ3n) is 4.75. The van der Waals surface area contributed by atoms with Gasteiger partial charge < -0.3 is 9.47 Å². The molecule has 0 N–H and O–H groups in total. The van der Waals surface area contributed by atoms with Gasteiger partial charge in [0.2, 0.25) is 0 Å². The fourth-order valence-corrected chi connectivity index (χ4v) is 3.85. The molecule has 0 fully saturated rings. The van der Waals surface area contributed by atoms with Crippen LogP contribution < -0.4 is 4.74 Å². The second-order valence-electron chi connectivity index (χ2n) is 8.48. The van der Waals surface area contributed by atoms with Crippen LogP contribution in [-0.2, 0) is 26.2 Å². The number of benzene rings is 2. The lowest BCUT2D eigenvalue weighted by Gasteiger charge is -2.27. The SMILES string of the molecule is C/C(=C\C(=O)OC(C)(C)C)C[C@@]1(Cc2ccccc2)C(=O)Oc2ccc(Cl)cc21. The van der Waals surface area contributed by atoms with E-state index in [0.29, 0.717) is 23.6 Å². The Morgan fingerprint density at radius 3 is 2.52 bits per heavy atom. The number of halogens is 1. The van der Waals surface area contributed by atoms with Crippen LogP contribution in [0.2, 0.25) is 5.02 Å². The van der Waals surface area contributed by atoms with Crippen LogP contribution in [0.25, 0.3) is 0 Å². The molecule has 1 aliphatic rings. The number of hydrogen-bond donors (Lipinski definition) is 0. The number of hydrogen-bond acceptors (Lipinski definition) is 4. The molecule has 0 radical (unpaired) electrons. The van der Waals surface area contributed by atoms with E-state index < -0.39 is 17.0 Å². The van der Waals surface area contributed by atoms with Gasteiger partial charge in [0.05, 0.1) is 0 Å². The molecular formula is C24H25ClO4. The highest BCUT2D eigenvalue weighted by Gasteiger charge is 2.49. The molecule has 0 aromatic heterocycles. The summed E-state index contributed by atoms with van der Waals surface area (Å²) in [5, 5.41) is 0.535. The van der Waals surface area contributed by atoms with Crippen LogP contribution >= 0.6 is 11.6 Å². The quantitative estimate of drug-likeness (QED) is 0.374. The Bertz CT molecular complexity index is 957. The summed E-state index contributed by atoms with van der Waals surface area (Å²) in [5.41, 5.74) is 0.949. The third-order valence-corrected chi connectivity index (χ3v) is 4.99. The van der Waals surface area contributed by atoms with Crippen LogP contribution in [0.1, 0.15) is 45.2 Å². The lowest BCUT2D eigenvalue weighted by atomic mass is 9.72. The summed E-state index contributed by atoms with van der Waals surface area (Å²) in [6.07, 6.45) is 2.22. The topological polar surface area (TPSA) is 52.6 Å². The van der Waals surface area contributed by atoms with Crippen LogP contribution in [-0.4, -0.2) is 17.5 Å². The highest BCUT2D eigenvalue weighted by Crippen LogP contribution is 2.46. The first-order valence-corrected chi connectivity index (χ1v) is 9.93. The Balaban J connectivity index is 2.00. The zero-order valence-electron chi connectivity index (χ0n) is 17.1. The van der Waals surface area contributed by atoms with E-state index in [2.05, 4.69) is 0 Å². The highest BCUT2D eigenvalue weighted by atomic mass is 35.5. The van der Waals surface area contributed by atoms with Gasteiger partial charge in [0, 0.05) is 16.7 Å². The van der Waals surface area contributed by atoms with Crippen molar-refractivity contribution in [2.45, 2.75) is 51.6 Å². The Morgan fingerprint density at radius 1 is 1.17 bits per heavy atom. The van der Waals surface area contributed by atoms with Gasteiger partial charge in [-0.1, -0.05) is 47.5 Å². The van der Waals surface area contributed by atoms with Gasteiger partial charge in [0.1, 0.15) is 16.8 Å². The normalized spacial score (nSPS) is 18.9. The largest absolute Gasteiger partial charge is 0.457 e. The van der Waals surface area contributed by atoms with Gasteiger partial charge in [0.25, 0.3) is 0 Å². The molecule has 5 heteroatoms. The van der Waals surface area contributed by atoms with E-state index in [1.54, 1.807) is 18.2 Å². The van der Waals surface area contributed by atoms with E-state index >= 15 is 0 Å². The molecule has 0 bridgehead atoms. The van der Waals surface area contributed by atoms with Crippen LogP contribution in [0.15, 0.2) is 60.2 Å². The van der Waals surface area contributed by atoms with Crippen molar-refractivity contribution in [3.8, 4) is 5.75 Å². The maximum Gasteiger partial charge on any atom is 0.331 e. The molecule has 4 nitrogen and oxygen atoms in total. The molecule has 2 aromatic carbocycles. The molecule has 152 valence electrons. The van der Waals surface area contributed by atoms with Gasteiger partial charge in [0.15, 0.2) is 0 Å². The molecule has 29 heavy (non-hydrogen) atoms. The number of carbonyl (C=O) groups is 2. The Morgan fingerprint density at radius 2 is 1.86 bits per heavy atom. The number of ether oxygens (including phenoxy) is 2. The maximum absolute atomic E-state index is 13.1. The molecule has 0 aliphatic carbocycles. The van der Waals surface area contributed by atoms with Crippen LogP contribution in [0.4, 0.5) is 0 Å². The zero-order chi connectivity index (χ0) is 21.2. The first-order valence-electron chi connectivity index (χ1n) is 9.55. The van der Waals surface area contributed by atoms with Gasteiger partial charge in [-0.3, -0.25) is 4.79 Å². The molecule has 0 saturated carbocycles. The predicted octanol–water partition coefficient (Wildman–Crippen LogP) is 5.42. The fourth-order valence-electron chi connectivity index (χ4n) is 3.67. The second kappa shape index (κ2) is 8.03. The summed E-state index contributed by atoms with van der Waals surface area (Å²) in [4.78, 5) is 25.4. The van der Waals surface area contributed by atoms with E-state index in [0.717, 1.165) is 16.7 Å². The van der Waals surface area contributed by atoms with Crippen molar-refractivity contribution >= 4 is 23.5 Å². The van der Waals surface area contributed by atoms with E-state index in [-0.39, 0.29) is 5.97 Å². The molecule has 3 rings (SSSR count). The molecule has 0 amide bonds. The summed E-state index contributed by atoms with van der Waals surface area (Å²) >= 11 is 6.24. The van der Waals surface area contributed by atoms with Gasteiger partial charge in [-0.2, -0.15) is 0 Å². The van der Waals surface area contributed by atoms with Crippen molar-refractivity contribution in [3.63, 3.8) is 0 Å². The predicted molar refractivity (Wildman–Crippen MR) is 113 cm³/mol. The summed E-state index contributed by atoms with van der Waals surface area (Å²) in [7, 11) is 0. The molecule has 0 spiro atoms. The molecule has 1 heterocycles. The number of carbonyl (C=O) groups excluding carboxylic acids is 2. The number of fused-ring (bicyclic) bond motifs is 1. The van der Waals surface area contributed by atoms with Gasteiger partial charge >= 0.3 is 11.9 Å². The lowest BCUT2D eigenvalue weighted by molar-refractivity contribution is -0.148. The Hall–Kier alpha value is -2.59. The van der Waals surface area contributed by atoms with E-state index in [9.17, 15) is 9.59 Å². The second-order valence-corrected chi connectivity index (χ2v) is 8.91. The van der Waals surface area contributed by atoms with Crippen molar-refractivity contribution in [3.05, 3.63) is 76.3 Å². The molecule has 0 unspecified atom stereocenters. The Labute approximate surface area is 176 Å². The minimum atomic E-state index is -0.954. The van der Waals surface area contributed by atoms with E-state index in [1.807, 2.05) is 58.0 Å². The van der Waals surface area contributed by atoms with Crippen molar-refractivity contribution in [1.29, 1.82) is 0 Å². The van der Waals surface area contributed by atoms with Crippen molar-refractivity contribution in [2.24, 2.45) is 0 Å². The van der Waals surface area contributed by atoms with Crippen LogP contribution in [0.5, 0.6) is 5.75 Å². The molecular weight excluding hydrogens is 388 g/mol. The lowest BCUT2D eigenvalue weighted by Crippen LogP contribution is -2.36. The number of rotatable bonds is 5. The summed E-state index contributed by atoms with van der Waals surface area (Å²) in [5.74, 6) is -0.251. The molecule has 2 aromatic rings. The fraction of sp³-hybridized carbons (Fsp3) is 0.333. The maximum atomic E-state index is 13.1. The monoisotopic (exact) mass is 412 g/mol. The molecule has 1 aliphatic heterocycles. The summed E-state index contributed by atoms with van der Waals surface area (Å²) < 4.78 is 11.0. The van der Waals surface area contributed by atoms with Gasteiger partial charge in [-0.25, -0.2) is 4.79 Å². The van der Waals surface area contributed by atoms with Gasteiger partial charge in [-0.15, -0.1) is 0 Å². The van der Waals surface area contributed by atoms with Gasteiger partial charge in [-0.05, 0) is 64.3 Å². The first kappa shape index (κ1) is 21.1. The number of esters is 2. The van der Waals surface area contributed by atoms with E-state index in [1.165, 1.54) is 6.08 Å². The average Bonchev–Trinajstić information content (AvgIpc) is 2.85. The average molecular weight is 413 g/mol. The van der Waals surface area contributed by atoms with Crippen molar-refractivity contribution in [1.82, 2.24) is 0 Å². The number of allylic oxidation sites excluding steroid dienone is 1. The summed E-state index contributed by atoms with van der Waals surface area (Å²) in [6.45, 7) is 7.28. The molecule has 1 atom stereocenters. The minimum absolute atomic E-state index is 0.327. The zero-order valence-corrected chi connectivity index (χ0v) is 17.9. The summed E-state index contributed by atoms with van der Waals surface area (Å²) in [6, 6.07) is 15.0. The van der Waals surface area contributed by atoms with Crippen molar-refractivity contribution in [2.75, 3.05) is 0 Å². The van der Waals surface area contributed by atoms with Crippen LogP contribution in [0, 0.1) is 0 Å². The van der Waals surface area contributed by atoms with Crippen molar-refractivity contribution < 1.29 is 19.1 Å². The Kier molecular flexibility index (Phi) is 5.85. The van der Waals surface area contributed by atoms with E-state index in [4.69, 9.17) is 21.1 Å². The third kappa shape index (κ3) is 4.88. The molecule has 0 saturated heterocycles. The first-order chi connectivity index (χ1) is 13.6. The highest BCUT2D eigenvalue weighted by molar-refractivity contribution is 6.30. The van der Waals surface area contributed by atoms with Crippen LogP contribution in [0.3, 0.4) is 0 Å².